The molecule has 2 aromatic carbocycles. The van der Waals surface area contributed by atoms with Crippen LogP contribution in [0.25, 0.3) is 27.9 Å². The lowest BCUT2D eigenvalue weighted by molar-refractivity contribution is -0.115. The summed E-state index contributed by atoms with van der Waals surface area (Å²) in [6, 6.07) is 11.0. The molecular weight excluding hydrogens is 397 g/mol. The van der Waals surface area contributed by atoms with E-state index in [0.29, 0.717) is 30.1 Å². The molecule has 1 aromatic heterocycles. The molecule has 0 spiro atoms. The van der Waals surface area contributed by atoms with Crippen LogP contribution in [0.2, 0.25) is 0 Å². The summed E-state index contributed by atoms with van der Waals surface area (Å²) in [6.45, 7) is 0. The minimum Gasteiger partial charge on any atom is -0.307 e. The Labute approximate surface area is 160 Å². The van der Waals surface area contributed by atoms with E-state index in [0.717, 1.165) is 11.8 Å². The highest BCUT2D eigenvalue weighted by Crippen LogP contribution is 2.33. The van der Waals surface area contributed by atoms with Crippen LogP contribution in [0.1, 0.15) is 10.4 Å². The summed E-state index contributed by atoms with van der Waals surface area (Å²) < 4.78 is 40.2. The maximum absolute atomic E-state index is 13.1. The van der Waals surface area contributed by atoms with Crippen molar-refractivity contribution in [3.8, 4) is 0 Å². The average Bonchev–Trinajstić information content (AvgIpc) is 3.10. The number of carbonyl (C=O) groups is 2. The van der Waals surface area contributed by atoms with Gasteiger partial charge in [-0.1, -0.05) is 48.2 Å². The predicted molar refractivity (Wildman–Crippen MR) is 102 cm³/mol. The number of para-hydroxylation sites is 1. The zero-order valence-corrected chi connectivity index (χ0v) is 15.0. The maximum atomic E-state index is 13.1. The van der Waals surface area contributed by atoms with E-state index in [1.165, 1.54) is 12.1 Å². The lowest BCUT2D eigenvalue weighted by Crippen LogP contribution is -2.28. The van der Waals surface area contributed by atoms with Gasteiger partial charge >= 0.3 is 12.1 Å². The number of alkyl halides is 3. The number of amides is 1. The first-order chi connectivity index (χ1) is 12.8. The lowest BCUT2D eigenvalue weighted by atomic mass is 10.1. The van der Waals surface area contributed by atoms with Gasteiger partial charge in [-0.3, -0.25) is 14.2 Å². The molecule has 1 fully saturated rings. The van der Waals surface area contributed by atoms with Crippen LogP contribution in [0.5, 0.6) is 0 Å². The molecule has 3 aromatic rings. The highest BCUT2D eigenvalue weighted by molar-refractivity contribution is 8.26. The summed E-state index contributed by atoms with van der Waals surface area (Å²) in [5.74, 6) is -2.27. The van der Waals surface area contributed by atoms with E-state index in [-0.39, 0.29) is 16.9 Å². The first-order valence-corrected chi connectivity index (χ1v) is 8.88. The third kappa shape index (κ3) is 3.02. The molecule has 0 unspecified atom stereocenters. The van der Waals surface area contributed by atoms with Crippen molar-refractivity contribution in [2.75, 3.05) is 0 Å². The van der Waals surface area contributed by atoms with E-state index in [1.54, 1.807) is 36.4 Å². The van der Waals surface area contributed by atoms with Crippen LogP contribution >= 0.6 is 24.0 Å². The van der Waals surface area contributed by atoms with Crippen LogP contribution in [0.4, 0.5) is 13.2 Å². The summed E-state index contributed by atoms with van der Waals surface area (Å²) >= 11 is 6.05. The minimum atomic E-state index is -5.00. The number of hydrogen-bond acceptors (Lipinski definition) is 4. The molecule has 1 N–H and O–H groups in total. The highest BCUT2D eigenvalue weighted by Gasteiger charge is 2.41. The van der Waals surface area contributed by atoms with Gasteiger partial charge in [-0.05, 0) is 29.8 Å². The minimum absolute atomic E-state index is 0.153. The van der Waals surface area contributed by atoms with Crippen molar-refractivity contribution in [2.24, 2.45) is 0 Å². The number of thioether (sulfide) groups is 1. The molecule has 27 heavy (non-hydrogen) atoms. The van der Waals surface area contributed by atoms with Gasteiger partial charge in [-0.2, -0.15) is 13.2 Å². The third-order valence-corrected chi connectivity index (χ3v) is 5.24. The van der Waals surface area contributed by atoms with Crippen molar-refractivity contribution >= 4 is 68.0 Å². The van der Waals surface area contributed by atoms with Gasteiger partial charge in [-0.25, -0.2) is 0 Å². The SMILES string of the molecule is O=C1NC(=S)SC1=Cc1ccc2c(c1)c1ccccc1n2C(=O)C(F)(F)F. The van der Waals surface area contributed by atoms with Crippen molar-refractivity contribution in [3.05, 3.63) is 52.9 Å². The largest absolute Gasteiger partial charge is 0.472 e. The van der Waals surface area contributed by atoms with E-state index in [4.69, 9.17) is 12.2 Å². The molecular formula is C18H9F3N2O2S2. The van der Waals surface area contributed by atoms with E-state index in [2.05, 4.69) is 5.32 Å². The van der Waals surface area contributed by atoms with E-state index in [1.807, 2.05) is 0 Å². The molecule has 1 amide bonds. The summed E-state index contributed by atoms with van der Waals surface area (Å²) in [7, 11) is 0. The zero-order valence-electron chi connectivity index (χ0n) is 13.3. The van der Waals surface area contributed by atoms with Gasteiger partial charge in [0, 0.05) is 10.8 Å². The number of hydrogen-bond donors (Lipinski definition) is 1. The maximum Gasteiger partial charge on any atom is 0.472 e. The number of rotatable bonds is 1. The van der Waals surface area contributed by atoms with Gasteiger partial charge in [-0.15, -0.1) is 0 Å². The normalized spacial score (nSPS) is 16.5. The highest BCUT2D eigenvalue weighted by atomic mass is 32.2. The van der Waals surface area contributed by atoms with Gasteiger partial charge in [0.05, 0.1) is 15.9 Å². The Kier molecular flexibility index (Phi) is 4.08. The molecule has 0 radical (unpaired) electrons. The third-order valence-electron chi connectivity index (χ3n) is 4.08. The van der Waals surface area contributed by atoms with Gasteiger partial charge in [0.2, 0.25) is 0 Å². The molecule has 0 atom stereocenters. The van der Waals surface area contributed by atoms with Gasteiger partial charge in [0.25, 0.3) is 5.91 Å². The molecule has 0 aliphatic carbocycles. The first kappa shape index (κ1) is 17.7. The second kappa shape index (κ2) is 6.21. The Morgan fingerprint density at radius 3 is 2.48 bits per heavy atom. The fraction of sp³-hybridized carbons (Fsp3) is 0.0556. The van der Waals surface area contributed by atoms with Crippen LogP contribution in [0, 0.1) is 0 Å². The molecule has 0 saturated carbocycles. The number of aromatic nitrogens is 1. The topological polar surface area (TPSA) is 51.1 Å². The summed E-state index contributed by atoms with van der Waals surface area (Å²) in [5, 5.41) is 3.51. The molecule has 0 bridgehead atoms. The lowest BCUT2D eigenvalue weighted by Gasteiger charge is -2.08. The number of fused-ring (bicyclic) bond motifs is 3. The molecule has 1 saturated heterocycles. The van der Waals surface area contributed by atoms with Crippen LogP contribution < -0.4 is 5.32 Å². The molecule has 4 nitrogen and oxygen atoms in total. The van der Waals surface area contributed by atoms with Crippen molar-refractivity contribution in [1.82, 2.24) is 9.88 Å². The Morgan fingerprint density at radius 2 is 1.81 bits per heavy atom. The van der Waals surface area contributed by atoms with Crippen LogP contribution in [0.3, 0.4) is 0 Å². The van der Waals surface area contributed by atoms with Crippen molar-refractivity contribution in [3.63, 3.8) is 0 Å². The van der Waals surface area contributed by atoms with E-state index in [9.17, 15) is 22.8 Å². The van der Waals surface area contributed by atoms with Crippen LogP contribution in [-0.2, 0) is 4.79 Å². The van der Waals surface area contributed by atoms with Gasteiger partial charge in [0.15, 0.2) is 0 Å². The second-order valence-electron chi connectivity index (χ2n) is 5.78. The second-order valence-corrected chi connectivity index (χ2v) is 7.50. The van der Waals surface area contributed by atoms with Gasteiger partial charge < -0.3 is 5.32 Å². The molecule has 2 heterocycles. The number of carbonyl (C=O) groups excluding carboxylic acids is 2. The number of nitrogens with zero attached hydrogens (tertiary/aromatic N) is 1. The van der Waals surface area contributed by atoms with Crippen molar-refractivity contribution in [1.29, 1.82) is 0 Å². The van der Waals surface area contributed by atoms with Crippen LogP contribution in [0.15, 0.2) is 47.4 Å². The van der Waals surface area contributed by atoms with Crippen LogP contribution in [-0.4, -0.2) is 26.9 Å². The molecule has 136 valence electrons. The number of benzene rings is 2. The Morgan fingerprint density at radius 1 is 1.11 bits per heavy atom. The monoisotopic (exact) mass is 406 g/mol. The summed E-state index contributed by atoms with van der Waals surface area (Å²) in [4.78, 5) is 24.2. The number of nitrogens with one attached hydrogen (secondary N) is 1. The summed E-state index contributed by atoms with van der Waals surface area (Å²) in [5.41, 5.74) is 0.945. The Hall–Kier alpha value is -2.65. The Balaban J connectivity index is 1.94. The number of halogens is 3. The van der Waals surface area contributed by atoms with Gasteiger partial charge in [0.1, 0.15) is 4.32 Å². The van der Waals surface area contributed by atoms with E-state index < -0.39 is 12.1 Å². The standard InChI is InChI=1S/C18H9F3N2O2S2/c19-18(20,21)16(25)23-12-4-2-1-3-10(12)11-7-9(5-6-13(11)23)8-14-15(24)22-17(26)27-14/h1-8H,(H,22,24,26). The van der Waals surface area contributed by atoms with Crippen molar-refractivity contribution < 1.29 is 22.8 Å². The number of thiocarbonyl (C=S) groups is 1. The average molecular weight is 406 g/mol. The molecule has 4 rings (SSSR count). The fourth-order valence-corrected chi connectivity index (χ4v) is 4.04. The summed E-state index contributed by atoms with van der Waals surface area (Å²) in [6.07, 6.45) is -3.39. The smallest absolute Gasteiger partial charge is 0.307 e. The molecule has 1 aliphatic rings. The molecule has 1 aliphatic heterocycles. The quantitative estimate of drug-likeness (QED) is 0.478. The molecule has 9 heteroatoms. The van der Waals surface area contributed by atoms with Crippen molar-refractivity contribution in [2.45, 2.75) is 6.18 Å². The van der Waals surface area contributed by atoms with E-state index >= 15 is 0 Å². The first-order valence-electron chi connectivity index (χ1n) is 7.65. The fourth-order valence-electron chi connectivity index (χ4n) is 3.00. The Bertz CT molecular complexity index is 1180. The zero-order chi connectivity index (χ0) is 19.3. The predicted octanol–water partition coefficient (Wildman–Crippen LogP) is 4.49.